The lowest BCUT2D eigenvalue weighted by Crippen LogP contribution is -2.47. The number of amides is 1. The van der Waals surface area contributed by atoms with Crippen LogP contribution in [0, 0.1) is 0 Å². The van der Waals surface area contributed by atoms with E-state index in [2.05, 4.69) is 15.5 Å². The predicted octanol–water partition coefficient (Wildman–Crippen LogP) is -1.33. The smallest absolute Gasteiger partial charge is 0.223 e. The van der Waals surface area contributed by atoms with Gasteiger partial charge in [-0.1, -0.05) is 0 Å². The molecule has 0 aromatic carbocycles. The molecule has 2 rings (SSSR count). The molecule has 0 atom stereocenters. The van der Waals surface area contributed by atoms with Crippen LogP contribution >= 0.6 is 0 Å². The first-order valence-electron chi connectivity index (χ1n) is 7.19. The van der Waals surface area contributed by atoms with Gasteiger partial charge < -0.3 is 15.5 Å². The Balaban J connectivity index is 1.63. The molecule has 2 N–H and O–H groups in total. The zero-order chi connectivity index (χ0) is 13.5. The highest BCUT2D eigenvalue weighted by Gasteiger charge is 2.18. The maximum absolute atomic E-state index is 11.9. The molecule has 0 spiro atoms. The average Bonchev–Trinajstić information content (AvgIpc) is 2.47. The summed E-state index contributed by atoms with van der Waals surface area (Å²) in [6.45, 7) is 7.52. The van der Waals surface area contributed by atoms with E-state index in [0.717, 1.165) is 52.4 Å². The summed E-state index contributed by atoms with van der Waals surface area (Å²) in [6.07, 6.45) is 0.748. The molecule has 2 heterocycles. The van der Waals surface area contributed by atoms with Gasteiger partial charge >= 0.3 is 0 Å². The van der Waals surface area contributed by atoms with E-state index in [1.165, 1.54) is 0 Å². The highest BCUT2D eigenvalue weighted by molar-refractivity contribution is 5.86. The standard InChI is InChI=1S/C13H24N4O2/c18-12(11-16-7-3-14-4-8-16)1-2-13(19)17-9-5-15-6-10-17/h14-15H,1-11H2. The van der Waals surface area contributed by atoms with Gasteiger partial charge in [0.05, 0.1) is 6.54 Å². The molecule has 0 radical (unpaired) electrons. The number of nitrogens with one attached hydrogen (secondary N) is 2. The number of rotatable bonds is 5. The summed E-state index contributed by atoms with van der Waals surface area (Å²) in [5, 5.41) is 6.48. The van der Waals surface area contributed by atoms with Crippen LogP contribution in [0.3, 0.4) is 0 Å². The van der Waals surface area contributed by atoms with E-state index < -0.39 is 0 Å². The maximum Gasteiger partial charge on any atom is 0.223 e. The minimum absolute atomic E-state index is 0.121. The van der Waals surface area contributed by atoms with Gasteiger partial charge in [-0.2, -0.15) is 0 Å². The fourth-order valence-electron chi connectivity index (χ4n) is 2.52. The number of ketones is 1. The van der Waals surface area contributed by atoms with Gasteiger partial charge in [0.1, 0.15) is 5.78 Å². The van der Waals surface area contributed by atoms with E-state index in [-0.39, 0.29) is 11.7 Å². The molecule has 6 heteroatoms. The summed E-state index contributed by atoms with van der Waals surface area (Å²) in [4.78, 5) is 27.8. The third-order valence-corrected chi connectivity index (χ3v) is 3.70. The second-order valence-electron chi connectivity index (χ2n) is 5.20. The van der Waals surface area contributed by atoms with Crippen LogP contribution in [0.5, 0.6) is 0 Å². The highest BCUT2D eigenvalue weighted by atomic mass is 16.2. The van der Waals surface area contributed by atoms with E-state index in [9.17, 15) is 9.59 Å². The molecule has 2 fully saturated rings. The zero-order valence-electron chi connectivity index (χ0n) is 11.5. The Hall–Kier alpha value is -0.980. The Morgan fingerprint density at radius 3 is 2.05 bits per heavy atom. The van der Waals surface area contributed by atoms with Crippen LogP contribution in [0.25, 0.3) is 0 Å². The van der Waals surface area contributed by atoms with Crippen molar-refractivity contribution in [2.45, 2.75) is 12.8 Å². The number of Topliss-reactive ketones (excluding diaryl/α,β-unsaturated/α-hetero) is 1. The van der Waals surface area contributed by atoms with E-state index in [1.54, 1.807) is 0 Å². The van der Waals surface area contributed by atoms with Crippen molar-refractivity contribution in [3.8, 4) is 0 Å². The Labute approximate surface area is 114 Å². The van der Waals surface area contributed by atoms with Crippen LogP contribution in [0.1, 0.15) is 12.8 Å². The van der Waals surface area contributed by atoms with Crippen molar-refractivity contribution in [1.29, 1.82) is 0 Å². The molecule has 0 unspecified atom stereocenters. The lowest BCUT2D eigenvalue weighted by Gasteiger charge is -2.28. The Kier molecular flexibility index (Phi) is 5.75. The SMILES string of the molecule is O=C(CCC(=O)N1CCNCC1)CN1CCNCC1. The molecular formula is C13H24N4O2. The van der Waals surface area contributed by atoms with Crippen molar-refractivity contribution in [1.82, 2.24) is 20.4 Å². The van der Waals surface area contributed by atoms with Gasteiger partial charge in [0.2, 0.25) is 5.91 Å². The molecule has 6 nitrogen and oxygen atoms in total. The second-order valence-corrected chi connectivity index (χ2v) is 5.20. The highest BCUT2D eigenvalue weighted by Crippen LogP contribution is 2.02. The molecule has 0 saturated carbocycles. The first kappa shape index (κ1) is 14.4. The molecule has 2 aliphatic heterocycles. The van der Waals surface area contributed by atoms with E-state index >= 15 is 0 Å². The van der Waals surface area contributed by atoms with Crippen LogP contribution in [0.4, 0.5) is 0 Å². The average molecular weight is 268 g/mol. The lowest BCUT2D eigenvalue weighted by molar-refractivity contribution is -0.133. The maximum atomic E-state index is 11.9. The Morgan fingerprint density at radius 1 is 0.842 bits per heavy atom. The van der Waals surface area contributed by atoms with Crippen LogP contribution < -0.4 is 10.6 Å². The van der Waals surface area contributed by atoms with Gasteiger partial charge in [0.15, 0.2) is 0 Å². The van der Waals surface area contributed by atoms with Crippen molar-refractivity contribution in [2.75, 3.05) is 58.9 Å². The largest absolute Gasteiger partial charge is 0.340 e. The minimum atomic E-state index is 0.121. The fourth-order valence-corrected chi connectivity index (χ4v) is 2.52. The van der Waals surface area contributed by atoms with Crippen molar-refractivity contribution in [2.24, 2.45) is 0 Å². The molecule has 2 aliphatic rings. The van der Waals surface area contributed by atoms with Gasteiger partial charge in [-0.15, -0.1) is 0 Å². The van der Waals surface area contributed by atoms with E-state index in [1.807, 2.05) is 4.90 Å². The van der Waals surface area contributed by atoms with Gasteiger partial charge in [-0.3, -0.25) is 14.5 Å². The Morgan fingerprint density at radius 2 is 1.42 bits per heavy atom. The first-order valence-corrected chi connectivity index (χ1v) is 7.19. The van der Waals surface area contributed by atoms with Crippen LogP contribution in [-0.2, 0) is 9.59 Å². The number of hydrogen-bond donors (Lipinski definition) is 2. The van der Waals surface area contributed by atoms with Crippen molar-refractivity contribution >= 4 is 11.7 Å². The van der Waals surface area contributed by atoms with Gasteiger partial charge in [0.25, 0.3) is 0 Å². The molecule has 0 aromatic rings. The van der Waals surface area contributed by atoms with Crippen molar-refractivity contribution in [3.63, 3.8) is 0 Å². The minimum Gasteiger partial charge on any atom is -0.340 e. The lowest BCUT2D eigenvalue weighted by atomic mass is 10.1. The summed E-state index contributed by atoms with van der Waals surface area (Å²) in [6, 6.07) is 0. The summed E-state index contributed by atoms with van der Waals surface area (Å²) in [5.74, 6) is 0.306. The molecule has 108 valence electrons. The fraction of sp³-hybridized carbons (Fsp3) is 0.846. The predicted molar refractivity (Wildman–Crippen MR) is 73.0 cm³/mol. The number of nitrogens with zero attached hydrogens (tertiary/aromatic N) is 2. The molecule has 0 bridgehead atoms. The molecule has 0 aromatic heterocycles. The van der Waals surface area contributed by atoms with Crippen molar-refractivity contribution in [3.05, 3.63) is 0 Å². The number of piperazine rings is 2. The zero-order valence-corrected chi connectivity index (χ0v) is 11.5. The number of carbonyl (C=O) groups excluding carboxylic acids is 2. The summed E-state index contributed by atoms with van der Waals surface area (Å²) in [5.41, 5.74) is 0. The van der Waals surface area contributed by atoms with Crippen LogP contribution in [-0.4, -0.2) is 80.4 Å². The monoisotopic (exact) mass is 268 g/mol. The second kappa shape index (κ2) is 7.57. The first-order chi connectivity index (χ1) is 9.25. The number of carbonyl (C=O) groups is 2. The van der Waals surface area contributed by atoms with Crippen LogP contribution in [0.15, 0.2) is 0 Å². The Bertz CT molecular complexity index is 310. The van der Waals surface area contributed by atoms with Gasteiger partial charge in [0, 0.05) is 65.2 Å². The van der Waals surface area contributed by atoms with Crippen molar-refractivity contribution < 1.29 is 9.59 Å². The summed E-state index contributed by atoms with van der Waals surface area (Å²) < 4.78 is 0. The van der Waals surface area contributed by atoms with Gasteiger partial charge in [-0.25, -0.2) is 0 Å². The quantitative estimate of drug-likeness (QED) is 0.647. The molecule has 1 amide bonds. The molecule has 0 aliphatic carbocycles. The topological polar surface area (TPSA) is 64.7 Å². The normalized spacial score (nSPS) is 21.4. The summed E-state index contributed by atoms with van der Waals surface area (Å²) >= 11 is 0. The third-order valence-electron chi connectivity index (χ3n) is 3.70. The van der Waals surface area contributed by atoms with Crippen LogP contribution in [0.2, 0.25) is 0 Å². The molecule has 2 saturated heterocycles. The van der Waals surface area contributed by atoms with E-state index in [4.69, 9.17) is 0 Å². The van der Waals surface area contributed by atoms with Gasteiger partial charge in [-0.05, 0) is 0 Å². The van der Waals surface area contributed by atoms with E-state index in [0.29, 0.717) is 19.4 Å². The summed E-state index contributed by atoms with van der Waals surface area (Å²) in [7, 11) is 0. The number of hydrogen-bond acceptors (Lipinski definition) is 5. The third kappa shape index (κ3) is 4.89. The molecule has 19 heavy (non-hydrogen) atoms. The molecular weight excluding hydrogens is 244 g/mol.